The van der Waals surface area contributed by atoms with Crippen molar-refractivity contribution in [2.24, 2.45) is 0 Å². The van der Waals surface area contributed by atoms with Crippen LogP contribution in [-0.2, 0) is 14.3 Å². The number of rotatable bonds is 5. The maximum Gasteiger partial charge on any atom is 0.338 e. The van der Waals surface area contributed by atoms with Crippen LogP contribution in [-0.4, -0.2) is 37.7 Å². The van der Waals surface area contributed by atoms with Crippen molar-refractivity contribution in [3.8, 4) is 0 Å². The molecule has 0 saturated carbocycles. The van der Waals surface area contributed by atoms with Crippen LogP contribution >= 0.6 is 0 Å². The lowest BCUT2D eigenvalue weighted by molar-refractivity contribution is -0.138. The van der Waals surface area contributed by atoms with Gasteiger partial charge in [-0.25, -0.2) is 18.8 Å². The zero-order valence-corrected chi connectivity index (χ0v) is 12.3. The summed E-state index contributed by atoms with van der Waals surface area (Å²) >= 11 is 0. The summed E-state index contributed by atoms with van der Waals surface area (Å²) in [6.07, 6.45) is 0. The van der Waals surface area contributed by atoms with Crippen molar-refractivity contribution in [1.29, 1.82) is 0 Å². The number of benzene rings is 1. The van der Waals surface area contributed by atoms with Crippen LogP contribution in [0.5, 0.6) is 0 Å². The van der Waals surface area contributed by atoms with Crippen molar-refractivity contribution in [3.63, 3.8) is 0 Å². The molecule has 0 saturated heterocycles. The average molecular weight is 322 g/mol. The van der Waals surface area contributed by atoms with E-state index in [1.165, 1.54) is 18.2 Å². The van der Waals surface area contributed by atoms with Crippen LogP contribution in [0.15, 0.2) is 35.5 Å². The van der Waals surface area contributed by atoms with E-state index in [4.69, 9.17) is 9.47 Å². The fourth-order valence-electron chi connectivity index (χ4n) is 1.91. The van der Waals surface area contributed by atoms with Crippen molar-refractivity contribution in [2.45, 2.75) is 6.92 Å². The number of hydrogen-bond donors (Lipinski definition) is 2. The third-order valence-electron chi connectivity index (χ3n) is 2.98. The van der Waals surface area contributed by atoms with Gasteiger partial charge in [-0.05, 0) is 25.1 Å². The minimum Gasteiger partial charge on any atom is -0.463 e. The van der Waals surface area contributed by atoms with E-state index in [1.54, 1.807) is 6.92 Å². The molecule has 2 N–H and O–H groups in total. The first-order valence-corrected chi connectivity index (χ1v) is 6.88. The number of hydrogen-bond acceptors (Lipinski definition) is 5. The maximum absolute atomic E-state index is 13.1. The highest BCUT2D eigenvalue weighted by Crippen LogP contribution is 2.11. The molecule has 2 rings (SSSR count). The molecule has 0 bridgehead atoms. The zero-order valence-electron chi connectivity index (χ0n) is 12.3. The van der Waals surface area contributed by atoms with Crippen LogP contribution in [0.3, 0.4) is 0 Å². The van der Waals surface area contributed by atoms with Crippen molar-refractivity contribution in [3.05, 3.63) is 46.9 Å². The highest BCUT2D eigenvalue weighted by molar-refractivity contribution is 5.94. The molecule has 7 nitrogen and oxygen atoms in total. The first-order chi connectivity index (χ1) is 11.0. The van der Waals surface area contributed by atoms with Crippen molar-refractivity contribution < 1.29 is 28.2 Å². The molecule has 1 aromatic carbocycles. The lowest BCUT2D eigenvalue weighted by Crippen LogP contribution is -2.45. The number of carbonyl (C=O) groups is 3. The summed E-state index contributed by atoms with van der Waals surface area (Å²) in [7, 11) is 0. The summed E-state index contributed by atoms with van der Waals surface area (Å²) in [5.74, 6) is -1.95. The highest BCUT2D eigenvalue weighted by Gasteiger charge is 2.24. The quantitative estimate of drug-likeness (QED) is 0.792. The Balaban J connectivity index is 2.10. The van der Waals surface area contributed by atoms with E-state index < -0.39 is 23.8 Å². The standard InChI is InChI=1S/C15H15FN2O5/c1-2-22-14(20)11-7-17-15(21)18-12(11)8-23-13(19)9-4-3-5-10(16)6-9/h3-6H,2,7-8H2,1H3,(H2,17,18,21). The van der Waals surface area contributed by atoms with Gasteiger partial charge in [0, 0.05) is 0 Å². The molecule has 1 aliphatic heterocycles. The van der Waals surface area contributed by atoms with Crippen LogP contribution < -0.4 is 10.6 Å². The molecule has 2 amide bonds. The van der Waals surface area contributed by atoms with Crippen LogP contribution in [0.1, 0.15) is 17.3 Å². The van der Waals surface area contributed by atoms with Gasteiger partial charge in [0.05, 0.1) is 30.0 Å². The zero-order chi connectivity index (χ0) is 16.8. The number of halogens is 1. The van der Waals surface area contributed by atoms with Crippen LogP contribution in [0, 0.1) is 5.82 Å². The van der Waals surface area contributed by atoms with Gasteiger partial charge in [-0.1, -0.05) is 6.07 Å². The predicted molar refractivity (Wildman–Crippen MR) is 76.9 cm³/mol. The molecule has 1 aliphatic rings. The molecule has 0 fully saturated rings. The normalized spacial score (nSPS) is 13.9. The topological polar surface area (TPSA) is 93.7 Å². The van der Waals surface area contributed by atoms with E-state index >= 15 is 0 Å². The van der Waals surface area contributed by atoms with Crippen molar-refractivity contribution in [2.75, 3.05) is 19.8 Å². The minimum absolute atomic E-state index is 0.0302. The molecule has 0 unspecified atom stereocenters. The Bertz CT molecular complexity index is 672. The second-order valence-corrected chi connectivity index (χ2v) is 4.57. The SMILES string of the molecule is CCOC(=O)C1=C(COC(=O)c2cccc(F)c2)NC(=O)NC1. The van der Waals surface area contributed by atoms with Crippen molar-refractivity contribution >= 4 is 18.0 Å². The highest BCUT2D eigenvalue weighted by atomic mass is 19.1. The first kappa shape index (κ1) is 16.5. The fourth-order valence-corrected chi connectivity index (χ4v) is 1.91. The summed E-state index contributed by atoms with van der Waals surface area (Å²) in [4.78, 5) is 35.0. The van der Waals surface area contributed by atoms with E-state index in [2.05, 4.69) is 10.6 Å². The largest absolute Gasteiger partial charge is 0.463 e. The molecule has 0 atom stereocenters. The third kappa shape index (κ3) is 4.29. The Morgan fingerprint density at radius 1 is 1.26 bits per heavy atom. The molecule has 122 valence electrons. The molecule has 0 aliphatic carbocycles. The summed E-state index contributed by atoms with van der Waals surface area (Å²) < 4.78 is 23.0. The number of carbonyl (C=O) groups excluding carboxylic acids is 3. The van der Waals surface area contributed by atoms with Gasteiger partial charge < -0.3 is 20.1 Å². The van der Waals surface area contributed by atoms with E-state index in [-0.39, 0.29) is 36.6 Å². The lowest BCUT2D eigenvalue weighted by atomic mass is 10.1. The molecule has 1 heterocycles. The summed E-state index contributed by atoms with van der Waals surface area (Å²) in [6.45, 7) is 1.46. The minimum atomic E-state index is -0.770. The van der Waals surface area contributed by atoms with Gasteiger partial charge in [0.2, 0.25) is 0 Å². The summed E-state index contributed by atoms with van der Waals surface area (Å²) in [5, 5.41) is 4.83. The van der Waals surface area contributed by atoms with Gasteiger partial charge in [-0.2, -0.15) is 0 Å². The number of ether oxygens (including phenoxy) is 2. The molecular weight excluding hydrogens is 307 g/mol. The van der Waals surface area contributed by atoms with Crippen LogP contribution in [0.2, 0.25) is 0 Å². The summed E-state index contributed by atoms with van der Waals surface area (Å²) in [5.41, 5.74) is 0.332. The Morgan fingerprint density at radius 3 is 2.74 bits per heavy atom. The molecule has 1 aromatic rings. The smallest absolute Gasteiger partial charge is 0.338 e. The van der Waals surface area contributed by atoms with E-state index in [0.717, 1.165) is 6.07 Å². The van der Waals surface area contributed by atoms with E-state index in [1.807, 2.05) is 0 Å². The van der Waals surface area contributed by atoms with Gasteiger partial charge >= 0.3 is 18.0 Å². The van der Waals surface area contributed by atoms with Crippen LogP contribution in [0.25, 0.3) is 0 Å². The van der Waals surface area contributed by atoms with Crippen LogP contribution in [0.4, 0.5) is 9.18 Å². The van der Waals surface area contributed by atoms with Gasteiger partial charge in [-0.15, -0.1) is 0 Å². The number of amides is 2. The van der Waals surface area contributed by atoms with Crippen molar-refractivity contribution in [1.82, 2.24) is 10.6 Å². The number of esters is 2. The maximum atomic E-state index is 13.1. The predicted octanol–water partition coefficient (Wildman–Crippen LogP) is 1.11. The van der Waals surface area contributed by atoms with E-state index in [9.17, 15) is 18.8 Å². The Kier molecular flexibility index (Phi) is 5.29. The van der Waals surface area contributed by atoms with Gasteiger partial charge in [-0.3, -0.25) is 0 Å². The molecule has 0 spiro atoms. The molecule has 0 radical (unpaired) electrons. The summed E-state index contributed by atoms with van der Waals surface area (Å²) in [6, 6.07) is 4.49. The van der Waals surface area contributed by atoms with Gasteiger partial charge in [0.15, 0.2) is 0 Å². The van der Waals surface area contributed by atoms with Gasteiger partial charge in [0.25, 0.3) is 0 Å². The lowest BCUT2D eigenvalue weighted by Gasteiger charge is -2.21. The average Bonchev–Trinajstić information content (AvgIpc) is 2.52. The molecular formula is C15H15FN2O5. The van der Waals surface area contributed by atoms with E-state index in [0.29, 0.717) is 0 Å². The number of urea groups is 1. The molecule has 0 aromatic heterocycles. The Morgan fingerprint density at radius 2 is 2.04 bits per heavy atom. The monoisotopic (exact) mass is 322 g/mol. The second kappa shape index (κ2) is 7.39. The second-order valence-electron chi connectivity index (χ2n) is 4.57. The molecule has 8 heteroatoms. The van der Waals surface area contributed by atoms with Gasteiger partial charge in [0.1, 0.15) is 12.4 Å². The first-order valence-electron chi connectivity index (χ1n) is 6.88. The fraction of sp³-hybridized carbons (Fsp3) is 0.267. The molecule has 23 heavy (non-hydrogen) atoms. The number of nitrogens with one attached hydrogen (secondary N) is 2. The Labute approximate surface area is 131 Å². The third-order valence-corrected chi connectivity index (χ3v) is 2.98. The Hall–Kier alpha value is -2.90.